The number of aromatic nitrogens is 4. The first-order chi connectivity index (χ1) is 6.77. The van der Waals surface area contributed by atoms with E-state index in [2.05, 4.69) is 44.5 Å². The lowest BCUT2D eigenvalue weighted by atomic mass is 10.0. The fraction of sp³-hybridized carbons (Fsp3) is 0.875. The van der Waals surface area contributed by atoms with Crippen LogP contribution in [0.2, 0.25) is 0 Å². The van der Waals surface area contributed by atoms with Gasteiger partial charge in [0.25, 0.3) is 5.95 Å². The van der Waals surface area contributed by atoms with Gasteiger partial charge >= 0.3 is 0 Å². The average Bonchev–Trinajstić information content (AvgIpc) is 2.71. The molecule has 78 valence electrons. The molecule has 6 heteroatoms. The van der Waals surface area contributed by atoms with Crippen LogP contribution >= 0.6 is 0 Å². The molecule has 1 aliphatic rings. The molecular weight excluding hydrogens is 180 g/mol. The third-order valence-electron chi connectivity index (χ3n) is 2.81. The van der Waals surface area contributed by atoms with Gasteiger partial charge in [0.1, 0.15) is 0 Å². The molecule has 0 unspecified atom stereocenters. The van der Waals surface area contributed by atoms with Crippen LogP contribution in [0.25, 0.3) is 0 Å². The van der Waals surface area contributed by atoms with Gasteiger partial charge in [-0.15, -0.1) is 5.10 Å². The standard InChI is InChI=1S/C8H16N6/c1-13(2)7-3-5-14(6-4-7)8-9-11-12-10-8/h7H,3-6H2,1-2H3,(H,9,10,11,12). The van der Waals surface area contributed by atoms with Crippen molar-refractivity contribution in [3.63, 3.8) is 0 Å². The van der Waals surface area contributed by atoms with Gasteiger partial charge in [-0.25, -0.2) is 0 Å². The zero-order chi connectivity index (χ0) is 9.97. The first-order valence-electron chi connectivity index (χ1n) is 4.92. The summed E-state index contributed by atoms with van der Waals surface area (Å²) in [4.78, 5) is 4.46. The van der Waals surface area contributed by atoms with Crippen molar-refractivity contribution in [3.8, 4) is 0 Å². The second kappa shape index (κ2) is 3.91. The predicted molar refractivity (Wildman–Crippen MR) is 53.1 cm³/mol. The van der Waals surface area contributed by atoms with Crippen LogP contribution in [-0.2, 0) is 0 Å². The predicted octanol–water partition coefficient (Wildman–Crippen LogP) is -0.270. The highest BCUT2D eigenvalue weighted by Crippen LogP contribution is 2.16. The fourth-order valence-corrected chi connectivity index (χ4v) is 1.87. The SMILES string of the molecule is CN(C)C1CCN(c2nn[nH]n2)CC1. The van der Waals surface area contributed by atoms with E-state index in [0.29, 0.717) is 6.04 Å². The van der Waals surface area contributed by atoms with E-state index in [0.717, 1.165) is 19.0 Å². The number of anilines is 1. The molecule has 1 saturated heterocycles. The van der Waals surface area contributed by atoms with Gasteiger partial charge in [0, 0.05) is 19.1 Å². The molecule has 0 aromatic carbocycles. The van der Waals surface area contributed by atoms with Gasteiger partial charge in [-0.05, 0) is 32.2 Å². The minimum absolute atomic E-state index is 0.693. The summed E-state index contributed by atoms with van der Waals surface area (Å²) in [5.41, 5.74) is 0. The van der Waals surface area contributed by atoms with E-state index in [1.807, 2.05) is 0 Å². The summed E-state index contributed by atoms with van der Waals surface area (Å²) >= 11 is 0. The number of tetrazole rings is 1. The van der Waals surface area contributed by atoms with E-state index in [1.165, 1.54) is 12.8 Å². The first kappa shape index (κ1) is 9.39. The van der Waals surface area contributed by atoms with Crippen molar-refractivity contribution in [3.05, 3.63) is 0 Å². The summed E-state index contributed by atoms with van der Waals surface area (Å²) in [5, 5.41) is 14.0. The molecule has 0 spiro atoms. The highest BCUT2D eigenvalue weighted by molar-refractivity contribution is 5.26. The summed E-state index contributed by atoms with van der Waals surface area (Å²) in [6.07, 6.45) is 2.34. The summed E-state index contributed by atoms with van der Waals surface area (Å²) in [7, 11) is 4.27. The molecule has 0 aliphatic carbocycles. The van der Waals surface area contributed by atoms with Gasteiger partial charge in [-0.1, -0.05) is 5.10 Å². The Kier molecular flexibility index (Phi) is 2.62. The number of nitrogens with one attached hydrogen (secondary N) is 1. The van der Waals surface area contributed by atoms with Crippen LogP contribution in [0.5, 0.6) is 0 Å². The third-order valence-corrected chi connectivity index (χ3v) is 2.81. The number of nitrogens with zero attached hydrogens (tertiary/aromatic N) is 5. The van der Waals surface area contributed by atoms with Crippen molar-refractivity contribution in [2.75, 3.05) is 32.1 Å². The maximum Gasteiger partial charge on any atom is 0.265 e. The monoisotopic (exact) mass is 196 g/mol. The first-order valence-corrected chi connectivity index (χ1v) is 4.92. The van der Waals surface area contributed by atoms with Gasteiger partial charge in [0.2, 0.25) is 0 Å². The van der Waals surface area contributed by atoms with Gasteiger partial charge in [-0.2, -0.15) is 5.21 Å². The summed E-state index contributed by atoms with van der Waals surface area (Å²) < 4.78 is 0. The molecule has 0 atom stereocenters. The quantitative estimate of drug-likeness (QED) is 0.705. The van der Waals surface area contributed by atoms with Crippen LogP contribution in [0, 0.1) is 0 Å². The highest BCUT2D eigenvalue weighted by atomic mass is 15.5. The Morgan fingerprint density at radius 1 is 1.36 bits per heavy atom. The Morgan fingerprint density at radius 2 is 2.07 bits per heavy atom. The molecule has 2 heterocycles. The van der Waals surface area contributed by atoms with Gasteiger partial charge in [0.05, 0.1) is 0 Å². The zero-order valence-electron chi connectivity index (χ0n) is 8.64. The Bertz CT molecular complexity index is 261. The van der Waals surface area contributed by atoms with Crippen LogP contribution in [0.4, 0.5) is 5.95 Å². The molecule has 0 amide bonds. The second-order valence-corrected chi connectivity index (χ2v) is 3.89. The van der Waals surface area contributed by atoms with Crippen molar-refractivity contribution in [2.24, 2.45) is 0 Å². The highest BCUT2D eigenvalue weighted by Gasteiger charge is 2.22. The fourth-order valence-electron chi connectivity index (χ4n) is 1.87. The van der Waals surface area contributed by atoms with Crippen LogP contribution in [0.1, 0.15) is 12.8 Å². The molecule has 1 aromatic rings. The van der Waals surface area contributed by atoms with E-state index >= 15 is 0 Å². The number of piperidine rings is 1. The lowest BCUT2D eigenvalue weighted by Gasteiger charge is -2.34. The molecule has 1 aromatic heterocycles. The minimum atomic E-state index is 0.693. The normalized spacial score (nSPS) is 19.2. The Morgan fingerprint density at radius 3 is 2.57 bits per heavy atom. The molecule has 14 heavy (non-hydrogen) atoms. The topological polar surface area (TPSA) is 60.9 Å². The van der Waals surface area contributed by atoms with E-state index < -0.39 is 0 Å². The smallest absolute Gasteiger partial charge is 0.265 e. The van der Waals surface area contributed by atoms with Crippen molar-refractivity contribution in [2.45, 2.75) is 18.9 Å². The Hall–Kier alpha value is -1.17. The lowest BCUT2D eigenvalue weighted by Crippen LogP contribution is -2.42. The van der Waals surface area contributed by atoms with Gasteiger partial charge < -0.3 is 9.80 Å². The van der Waals surface area contributed by atoms with E-state index in [4.69, 9.17) is 0 Å². The molecule has 0 radical (unpaired) electrons. The van der Waals surface area contributed by atoms with E-state index in [-0.39, 0.29) is 0 Å². The molecule has 6 nitrogen and oxygen atoms in total. The van der Waals surface area contributed by atoms with E-state index in [1.54, 1.807) is 0 Å². The van der Waals surface area contributed by atoms with Crippen molar-refractivity contribution in [1.29, 1.82) is 0 Å². The Labute approximate surface area is 83.3 Å². The van der Waals surface area contributed by atoms with Crippen LogP contribution in [-0.4, -0.2) is 58.8 Å². The minimum Gasteiger partial charge on any atom is -0.338 e. The molecule has 2 rings (SSSR count). The summed E-state index contributed by atoms with van der Waals surface area (Å²) in [6, 6.07) is 0.693. The molecule has 0 saturated carbocycles. The zero-order valence-corrected chi connectivity index (χ0v) is 8.64. The summed E-state index contributed by atoms with van der Waals surface area (Å²) in [6.45, 7) is 2.03. The van der Waals surface area contributed by atoms with Crippen molar-refractivity contribution >= 4 is 5.95 Å². The Balaban J connectivity index is 1.90. The molecule has 1 aliphatic heterocycles. The van der Waals surface area contributed by atoms with Gasteiger partial charge in [0.15, 0.2) is 0 Å². The number of hydrogen-bond acceptors (Lipinski definition) is 5. The van der Waals surface area contributed by atoms with Crippen molar-refractivity contribution < 1.29 is 0 Å². The summed E-state index contributed by atoms with van der Waals surface area (Å²) in [5.74, 6) is 0.724. The largest absolute Gasteiger partial charge is 0.338 e. The van der Waals surface area contributed by atoms with E-state index in [9.17, 15) is 0 Å². The lowest BCUT2D eigenvalue weighted by molar-refractivity contribution is 0.249. The van der Waals surface area contributed by atoms with Crippen LogP contribution in [0.3, 0.4) is 0 Å². The number of H-pyrrole nitrogens is 1. The van der Waals surface area contributed by atoms with Crippen molar-refractivity contribution in [1.82, 2.24) is 25.5 Å². The number of rotatable bonds is 2. The number of aromatic amines is 1. The number of hydrogen-bond donors (Lipinski definition) is 1. The maximum atomic E-state index is 3.97. The van der Waals surface area contributed by atoms with Gasteiger partial charge in [-0.3, -0.25) is 0 Å². The molecule has 1 fully saturated rings. The average molecular weight is 196 g/mol. The maximum absolute atomic E-state index is 3.97. The molecule has 1 N–H and O–H groups in total. The van der Waals surface area contributed by atoms with Crippen LogP contribution < -0.4 is 4.90 Å². The van der Waals surface area contributed by atoms with Crippen LogP contribution in [0.15, 0.2) is 0 Å². The third kappa shape index (κ3) is 1.84. The second-order valence-electron chi connectivity index (χ2n) is 3.89. The molecule has 0 bridgehead atoms. The molecular formula is C8H16N6.